The lowest BCUT2D eigenvalue weighted by Gasteiger charge is -2.32. The van der Waals surface area contributed by atoms with Crippen LogP contribution in [-0.4, -0.2) is 49.7 Å². The second-order valence-corrected chi connectivity index (χ2v) is 13.4. The summed E-state index contributed by atoms with van der Waals surface area (Å²) in [5.41, 5.74) is 3.39. The lowest BCUT2D eigenvalue weighted by Crippen LogP contribution is -2.44. The number of aromatic hydroxyl groups is 2. The van der Waals surface area contributed by atoms with Gasteiger partial charge >= 0.3 is 0 Å². The quantitative estimate of drug-likeness (QED) is 0.281. The molecule has 1 saturated heterocycles. The largest absolute Gasteiger partial charge is 0.506 e. The summed E-state index contributed by atoms with van der Waals surface area (Å²) in [4.78, 5) is 0. The number of phenolic OH excluding ortho intramolecular Hbond substituents is 2. The lowest BCUT2D eigenvalue weighted by molar-refractivity contribution is 0.128. The Hall–Kier alpha value is -2.91. The van der Waals surface area contributed by atoms with Crippen LogP contribution in [0, 0.1) is 5.92 Å². The smallest absolute Gasteiger partial charge is 0.241 e. The van der Waals surface area contributed by atoms with Crippen molar-refractivity contribution in [2.24, 2.45) is 5.92 Å². The van der Waals surface area contributed by atoms with E-state index in [1.807, 2.05) is 0 Å². The fraction of sp³-hybridized carbons (Fsp3) is 0.333. The zero-order valence-electron chi connectivity index (χ0n) is 22.3. The predicted molar refractivity (Wildman–Crippen MR) is 159 cm³/mol. The maximum Gasteiger partial charge on any atom is 0.241 e. The normalized spacial score (nSPS) is 20.4. The number of fused-ring (bicyclic) bond motifs is 2. The number of nitrogens with zero attached hydrogens (tertiary/aromatic N) is 1. The van der Waals surface area contributed by atoms with Crippen LogP contribution < -0.4 is 9.04 Å². The minimum atomic E-state index is -3.89. The van der Waals surface area contributed by atoms with Gasteiger partial charge < -0.3 is 19.7 Å². The third-order valence-corrected chi connectivity index (χ3v) is 10.3. The Morgan fingerprint density at radius 3 is 2.05 bits per heavy atom. The number of hydrogen-bond donors (Lipinski definition) is 2. The van der Waals surface area contributed by atoms with Gasteiger partial charge in [-0.05, 0) is 89.6 Å². The molecule has 0 aromatic heterocycles. The van der Waals surface area contributed by atoms with Gasteiger partial charge in [-0.3, -0.25) is 4.31 Å². The van der Waals surface area contributed by atoms with Gasteiger partial charge in [0.25, 0.3) is 0 Å². The highest BCUT2D eigenvalue weighted by molar-refractivity contribution is 7.93. The third kappa shape index (κ3) is 5.26. The first kappa shape index (κ1) is 28.6. The molecule has 3 atom stereocenters. The van der Waals surface area contributed by atoms with E-state index in [4.69, 9.17) is 32.7 Å². The van der Waals surface area contributed by atoms with Crippen LogP contribution in [0.1, 0.15) is 37.8 Å². The fourth-order valence-corrected chi connectivity index (χ4v) is 7.79. The standard InChI is InChI=1S/C30H31Cl2NO6S/c1-17(2)12-13-33(20-6-8-21(38-3)9-7-20)40(36,37)27-16-26-28(18-4-10-24(34)22(31)14-18)29(30(27)39-26)19-5-11-25(35)23(32)15-19/h4-11,14-15,17,26-27,30,34-35H,12-13,16H2,1-3H3. The molecule has 3 aromatic rings. The van der Waals surface area contributed by atoms with Crippen LogP contribution in [0.5, 0.6) is 17.2 Å². The summed E-state index contributed by atoms with van der Waals surface area (Å²) < 4.78 is 41.9. The zero-order chi connectivity index (χ0) is 28.8. The summed E-state index contributed by atoms with van der Waals surface area (Å²) in [6.45, 7) is 4.44. The van der Waals surface area contributed by atoms with Crippen molar-refractivity contribution >= 4 is 50.1 Å². The first-order valence-corrected chi connectivity index (χ1v) is 15.3. The van der Waals surface area contributed by atoms with Crippen molar-refractivity contribution in [3.8, 4) is 17.2 Å². The first-order chi connectivity index (χ1) is 19.0. The number of benzene rings is 3. The van der Waals surface area contributed by atoms with Gasteiger partial charge in [0.05, 0.1) is 28.9 Å². The van der Waals surface area contributed by atoms with Crippen LogP contribution in [-0.2, 0) is 14.8 Å². The molecule has 7 nitrogen and oxygen atoms in total. The Bertz CT molecular complexity index is 1550. The van der Waals surface area contributed by atoms with Crippen molar-refractivity contribution in [2.75, 3.05) is 18.0 Å². The van der Waals surface area contributed by atoms with Crippen molar-refractivity contribution in [1.82, 2.24) is 0 Å². The molecule has 1 fully saturated rings. The minimum Gasteiger partial charge on any atom is -0.506 e. The van der Waals surface area contributed by atoms with Gasteiger partial charge in [0, 0.05) is 6.54 Å². The van der Waals surface area contributed by atoms with Crippen LogP contribution in [0.2, 0.25) is 10.0 Å². The van der Waals surface area contributed by atoms with Gasteiger partial charge in [0.1, 0.15) is 28.6 Å². The molecule has 3 aromatic carbocycles. The molecule has 0 aliphatic carbocycles. The van der Waals surface area contributed by atoms with E-state index in [0.717, 1.165) is 11.1 Å². The number of hydrogen-bond acceptors (Lipinski definition) is 6. The molecule has 2 N–H and O–H groups in total. The SMILES string of the molecule is COc1ccc(N(CCC(C)C)S(=O)(=O)C2CC3OC2C(c2ccc(O)c(Cl)c2)=C3c2ccc(O)c(Cl)c2)cc1. The van der Waals surface area contributed by atoms with E-state index >= 15 is 0 Å². The maximum absolute atomic E-state index is 14.4. The van der Waals surface area contributed by atoms with Gasteiger partial charge in [-0.1, -0.05) is 49.2 Å². The van der Waals surface area contributed by atoms with Crippen molar-refractivity contribution in [1.29, 1.82) is 0 Å². The zero-order valence-corrected chi connectivity index (χ0v) is 24.7. The molecule has 40 heavy (non-hydrogen) atoms. The molecule has 0 radical (unpaired) electrons. The topological polar surface area (TPSA) is 96.3 Å². The first-order valence-electron chi connectivity index (χ1n) is 13.0. The molecule has 10 heteroatoms. The van der Waals surface area contributed by atoms with E-state index in [0.29, 0.717) is 41.5 Å². The highest BCUT2D eigenvalue weighted by atomic mass is 35.5. The van der Waals surface area contributed by atoms with Crippen LogP contribution >= 0.6 is 23.2 Å². The van der Waals surface area contributed by atoms with Gasteiger partial charge in [-0.15, -0.1) is 0 Å². The Kier molecular flexibility index (Phi) is 7.99. The summed E-state index contributed by atoms with van der Waals surface area (Å²) >= 11 is 12.5. The highest BCUT2D eigenvalue weighted by Gasteiger charge is 2.54. The lowest BCUT2D eigenvalue weighted by atomic mass is 9.83. The summed E-state index contributed by atoms with van der Waals surface area (Å²) in [7, 11) is -2.33. The van der Waals surface area contributed by atoms with E-state index in [1.165, 1.54) is 16.4 Å². The molecule has 0 amide bonds. The number of halogens is 2. The predicted octanol–water partition coefficient (Wildman–Crippen LogP) is 6.75. The minimum absolute atomic E-state index is 0.0509. The average Bonchev–Trinajstić information content (AvgIpc) is 3.52. The fourth-order valence-electron chi connectivity index (χ4n) is 5.40. The molecule has 5 rings (SSSR count). The molecule has 2 heterocycles. The van der Waals surface area contributed by atoms with Crippen LogP contribution in [0.15, 0.2) is 60.7 Å². The van der Waals surface area contributed by atoms with Crippen molar-refractivity contribution in [3.63, 3.8) is 0 Å². The Morgan fingerprint density at radius 2 is 1.52 bits per heavy atom. The molecule has 3 unspecified atom stereocenters. The molecular formula is C30H31Cl2NO6S. The van der Waals surface area contributed by atoms with E-state index in [-0.39, 0.29) is 28.0 Å². The molecule has 0 saturated carbocycles. The summed E-state index contributed by atoms with van der Waals surface area (Å²) in [6.07, 6.45) is -0.362. The Balaban J connectivity index is 1.61. The number of sulfonamides is 1. The maximum atomic E-state index is 14.4. The van der Waals surface area contributed by atoms with Crippen molar-refractivity contribution < 1.29 is 28.1 Å². The van der Waals surface area contributed by atoms with Gasteiger partial charge in [0.15, 0.2) is 0 Å². The van der Waals surface area contributed by atoms with Gasteiger partial charge in [0.2, 0.25) is 10.0 Å². The van der Waals surface area contributed by atoms with Crippen LogP contribution in [0.3, 0.4) is 0 Å². The third-order valence-electron chi connectivity index (χ3n) is 7.47. The molecule has 2 aliphatic rings. The molecule has 0 spiro atoms. The number of phenols is 2. The Labute approximate surface area is 244 Å². The van der Waals surface area contributed by atoms with Crippen LogP contribution in [0.4, 0.5) is 5.69 Å². The molecule has 2 bridgehead atoms. The van der Waals surface area contributed by atoms with Crippen molar-refractivity contribution in [3.05, 3.63) is 81.8 Å². The van der Waals surface area contributed by atoms with E-state index in [2.05, 4.69) is 13.8 Å². The van der Waals surface area contributed by atoms with Gasteiger partial charge in [-0.2, -0.15) is 0 Å². The summed E-state index contributed by atoms with van der Waals surface area (Å²) in [5.74, 6) is 0.811. The Morgan fingerprint density at radius 1 is 0.950 bits per heavy atom. The number of rotatable bonds is 9. The van der Waals surface area contributed by atoms with Crippen molar-refractivity contribution in [2.45, 2.75) is 44.1 Å². The molecule has 212 valence electrons. The highest BCUT2D eigenvalue weighted by Crippen LogP contribution is 2.52. The van der Waals surface area contributed by atoms with Gasteiger partial charge in [-0.25, -0.2) is 8.42 Å². The number of anilines is 1. The van der Waals surface area contributed by atoms with E-state index in [1.54, 1.807) is 55.6 Å². The monoisotopic (exact) mass is 603 g/mol. The molecule has 2 aliphatic heterocycles. The summed E-state index contributed by atoms with van der Waals surface area (Å²) in [5, 5.41) is 19.5. The molecular weight excluding hydrogens is 573 g/mol. The van der Waals surface area contributed by atoms with Crippen LogP contribution in [0.25, 0.3) is 11.1 Å². The number of methoxy groups -OCH3 is 1. The second-order valence-electron chi connectivity index (χ2n) is 10.5. The van der Waals surface area contributed by atoms with E-state index in [9.17, 15) is 18.6 Å². The summed E-state index contributed by atoms with van der Waals surface area (Å²) in [6, 6.07) is 16.7. The van der Waals surface area contributed by atoms with E-state index < -0.39 is 27.5 Å². The second kappa shape index (κ2) is 11.2. The average molecular weight is 605 g/mol. The number of ether oxygens (including phenoxy) is 2.